The van der Waals surface area contributed by atoms with Gasteiger partial charge in [-0.3, -0.25) is 0 Å². The molecule has 0 spiro atoms. The van der Waals surface area contributed by atoms with Crippen molar-refractivity contribution in [3.05, 3.63) is 60.2 Å². The van der Waals surface area contributed by atoms with Crippen LogP contribution < -0.4 is 9.47 Å². The average Bonchev–Trinajstić information content (AvgIpc) is 2.57. The van der Waals surface area contributed by atoms with E-state index in [4.69, 9.17) is 9.47 Å². The molecule has 0 aliphatic rings. The van der Waals surface area contributed by atoms with E-state index in [2.05, 4.69) is 6.92 Å². The maximum absolute atomic E-state index is 11.9. The van der Waals surface area contributed by atoms with Crippen molar-refractivity contribution in [2.24, 2.45) is 0 Å². The van der Waals surface area contributed by atoms with E-state index in [-0.39, 0.29) is 35.5 Å². The van der Waals surface area contributed by atoms with E-state index in [1.54, 1.807) is 24.3 Å². The Morgan fingerprint density at radius 1 is 0.870 bits per heavy atom. The Labute approximate surface area is 160 Å². The van der Waals surface area contributed by atoms with E-state index < -0.39 is 0 Å². The van der Waals surface area contributed by atoms with Crippen LogP contribution >= 0.6 is 0 Å². The second kappa shape index (κ2) is 11.3. The molecule has 117 valence electrons. The molecule has 0 unspecified atom stereocenters. The Kier molecular flexibility index (Phi) is 9.69. The molecule has 0 fully saturated rings. The van der Waals surface area contributed by atoms with Crippen LogP contribution in [0, 0.1) is 0 Å². The van der Waals surface area contributed by atoms with Crippen molar-refractivity contribution >= 4 is 35.5 Å². The molecule has 3 nitrogen and oxygen atoms in total. The van der Waals surface area contributed by atoms with Crippen LogP contribution in [0.1, 0.15) is 43.0 Å². The minimum absolute atomic E-state index is 0. The smallest absolute Gasteiger partial charge is 0.343 e. The Morgan fingerprint density at radius 2 is 1.52 bits per heavy atom. The standard InChI is InChI=1S/C19H22O3.Na/c1-2-3-4-8-15-21-17-11-13-18(14-12-17)22-19(20)16-9-6-5-7-10-16;/h5-7,9-14H,2-4,8,15H2,1H3;. The van der Waals surface area contributed by atoms with Crippen LogP contribution in [-0.2, 0) is 0 Å². The summed E-state index contributed by atoms with van der Waals surface area (Å²) in [5.74, 6) is 0.969. The van der Waals surface area contributed by atoms with Crippen LogP contribution in [-0.4, -0.2) is 42.1 Å². The summed E-state index contributed by atoms with van der Waals surface area (Å²) < 4.78 is 11.0. The summed E-state index contributed by atoms with van der Waals surface area (Å²) in [6.07, 6.45) is 4.74. The summed E-state index contributed by atoms with van der Waals surface area (Å²) in [4.78, 5) is 11.9. The Hall–Kier alpha value is -1.29. The van der Waals surface area contributed by atoms with Gasteiger partial charge in [0.15, 0.2) is 0 Å². The van der Waals surface area contributed by atoms with Crippen molar-refractivity contribution in [2.75, 3.05) is 6.61 Å². The summed E-state index contributed by atoms with van der Waals surface area (Å²) in [5, 5.41) is 0. The molecule has 0 saturated carbocycles. The maximum atomic E-state index is 11.9. The zero-order valence-corrected chi connectivity index (χ0v) is 16.0. The minimum Gasteiger partial charge on any atom is -0.494 e. The summed E-state index contributed by atoms with van der Waals surface area (Å²) in [6, 6.07) is 16.1. The van der Waals surface area contributed by atoms with Gasteiger partial charge in [-0.25, -0.2) is 4.79 Å². The number of carbonyl (C=O) groups is 1. The Balaban J connectivity index is 0.00000264. The molecule has 0 heterocycles. The average molecular weight is 321 g/mol. The van der Waals surface area contributed by atoms with Crippen molar-refractivity contribution in [3.63, 3.8) is 0 Å². The van der Waals surface area contributed by atoms with Crippen LogP contribution in [0.25, 0.3) is 0 Å². The largest absolute Gasteiger partial charge is 0.494 e. The fourth-order valence-electron chi connectivity index (χ4n) is 2.06. The van der Waals surface area contributed by atoms with Gasteiger partial charge in [-0.1, -0.05) is 44.4 Å². The molecule has 0 amide bonds. The molecule has 23 heavy (non-hydrogen) atoms. The van der Waals surface area contributed by atoms with E-state index in [0.717, 1.165) is 18.8 Å². The SMILES string of the molecule is CCCCCCOc1ccc(OC(=O)c2ccccc2)cc1.[Na]. The van der Waals surface area contributed by atoms with Gasteiger partial charge in [-0.2, -0.15) is 0 Å². The van der Waals surface area contributed by atoms with Crippen LogP contribution in [0.2, 0.25) is 0 Å². The van der Waals surface area contributed by atoms with E-state index in [1.165, 1.54) is 19.3 Å². The number of hydrogen-bond acceptors (Lipinski definition) is 3. The van der Waals surface area contributed by atoms with Gasteiger partial charge in [0, 0.05) is 29.6 Å². The third-order valence-electron chi connectivity index (χ3n) is 3.31. The van der Waals surface area contributed by atoms with Crippen molar-refractivity contribution in [2.45, 2.75) is 32.6 Å². The normalized spacial score (nSPS) is 9.78. The molecular formula is C19H22NaO3. The van der Waals surface area contributed by atoms with Crippen LogP contribution in [0.3, 0.4) is 0 Å². The van der Waals surface area contributed by atoms with Gasteiger partial charge in [0.25, 0.3) is 0 Å². The summed E-state index contributed by atoms with van der Waals surface area (Å²) in [7, 11) is 0. The molecule has 0 aliphatic heterocycles. The summed E-state index contributed by atoms with van der Waals surface area (Å²) >= 11 is 0. The molecule has 0 N–H and O–H groups in total. The number of ether oxygens (including phenoxy) is 2. The van der Waals surface area contributed by atoms with Crippen molar-refractivity contribution < 1.29 is 14.3 Å². The van der Waals surface area contributed by atoms with Crippen molar-refractivity contribution in [1.29, 1.82) is 0 Å². The molecule has 0 bridgehead atoms. The summed E-state index contributed by atoms with van der Waals surface area (Å²) in [5.41, 5.74) is 0.541. The first-order chi connectivity index (χ1) is 10.8. The third kappa shape index (κ3) is 7.21. The van der Waals surface area contributed by atoms with E-state index in [9.17, 15) is 4.79 Å². The number of hydrogen-bond donors (Lipinski definition) is 0. The molecule has 0 aliphatic carbocycles. The van der Waals surface area contributed by atoms with Gasteiger partial charge in [-0.15, -0.1) is 0 Å². The quantitative estimate of drug-likeness (QED) is 0.311. The zero-order chi connectivity index (χ0) is 15.6. The second-order valence-corrected chi connectivity index (χ2v) is 5.14. The molecule has 2 aromatic rings. The molecule has 0 aromatic heterocycles. The first-order valence-electron chi connectivity index (χ1n) is 7.79. The molecule has 4 heteroatoms. The van der Waals surface area contributed by atoms with Crippen LogP contribution in [0.4, 0.5) is 0 Å². The van der Waals surface area contributed by atoms with Crippen molar-refractivity contribution in [1.82, 2.24) is 0 Å². The second-order valence-electron chi connectivity index (χ2n) is 5.14. The summed E-state index contributed by atoms with van der Waals surface area (Å²) in [6.45, 7) is 2.92. The fraction of sp³-hybridized carbons (Fsp3) is 0.316. The van der Waals surface area contributed by atoms with Gasteiger partial charge in [0.2, 0.25) is 0 Å². The van der Waals surface area contributed by atoms with E-state index in [1.807, 2.05) is 30.3 Å². The fourth-order valence-corrected chi connectivity index (χ4v) is 2.06. The topological polar surface area (TPSA) is 35.5 Å². The molecule has 1 radical (unpaired) electrons. The molecular weight excluding hydrogens is 299 g/mol. The number of benzene rings is 2. The predicted octanol–water partition coefficient (Wildman–Crippen LogP) is 4.48. The van der Waals surface area contributed by atoms with Crippen molar-refractivity contribution in [3.8, 4) is 11.5 Å². The molecule has 2 aromatic carbocycles. The zero-order valence-electron chi connectivity index (χ0n) is 14.0. The molecule has 2 rings (SSSR count). The van der Waals surface area contributed by atoms with Gasteiger partial charge in [0.1, 0.15) is 11.5 Å². The first-order valence-corrected chi connectivity index (χ1v) is 7.79. The molecule has 0 atom stereocenters. The minimum atomic E-state index is -0.353. The van der Waals surface area contributed by atoms with Gasteiger partial charge in [0.05, 0.1) is 12.2 Å². The van der Waals surface area contributed by atoms with Gasteiger partial charge >= 0.3 is 5.97 Å². The van der Waals surface area contributed by atoms with Gasteiger partial charge < -0.3 is 9.47 Å². The number of unbranched alkanes of at least 4 members (excludes halogenated alkanes) is 3. The monoisotopic (exact) mass is 321 g/mol. The maximum Gasteiger partial charge on any atom is 0.343 e. The third-order valence-corrected chi connectivity index (χ3v) is 3.31. The molecule has 0 saturated heterocycles. The number of esters is 1. The first kappa shape index (κ1) is 19.8. The Morgan fingerprint density at radius 3 is 2.17 bits per heavy atom. The van der Waals surface area contributed by atoms with Crippen LogP contribution in [0.5, 0.6) is 11.5 Å². The Bertz CT molecular complexity index is 567. The van der Waals surface area contributed by atoms with E-state index in [0.29, 0.717) is 11.3 Å². The number of rotatable bonds is 8. The number of carbonyl (C=O) groups excluding carboxylic acids is 1. The van der Waals surface area contributed by atoms with Gasteiger partial charge in [-0.05, 0) is 42.8 Å². The van der Waals surface area contributed by atoms with Crippen LogP contribution in [0.15, 0.2) is 54.6 Å². The van der Waals surface area contributed by atoms with E-state index >= 15 is 0 Å². The predicted molar refractivity (Wildman–Crippen MR) is 93.2 cm³/mol.